The fourth-order valence-electron chi connectivity index (χ4n) is 2.51. The van der Waals surface area contributed by atoms with Crippen molar-refractivity contribution in [3.05, 3.63) is 35.4 Å². The van der Waals surface area contributed by atoms with Gasteiger partial charge in [-0.15, -0.1) is 0 Å². The van der Waals surface area contributed by atoms with Crippen LogP contribution in [0, 0.1) is 5.92 Å². The van der Waals surface area contributed by atoms with E-state index in [1.807, 2.05) is 12.1 Å². The Balaban J connectivity index is 2.02. The van der Waals surface area contributed by atoms with Crippen LogP contribution in [0.3, 0.4) is 0 Å². The zero-order chi connectivity index (χ0) is 12.3. The molecule has 1 unspecified atom stereocenters. The van der Waals surface area contributed by atoms with Crippen LogP contribution in [-0.2, 0) is 6.54 Å². The summed E-state index contributed by atoms with van der Waals surface area (Å²) in [6.45, 7) is 5.53. The van der Waals surface area contributed by atoms with Crippen LogP contribution >= 0.6 is 0 Å². The number of likely N-dealkylation sites (tertiary alicyclic amines) is 1. The van der Waals surface area contributed by atoms with Gasteiger partial charge in [-0.25, -0.2) is 0 Å². The van der Waals surface area contributed by atoms with Crippen LogP contribution in [0.25, 0.3) is 0 Å². The summed E-state index contributed by atoms with van der Waals surface area (Å²) in [5, 5.41) is 0. The Hall–Kier alpha value is -1.35. The maximum absolute atomic E-state index is 11.1. The quantitative estimate of drug-likeness (QED) is 0.866. The van der Waals surface area contributed by atoms with E-state index >= 15 is 0 Å². The normalized spacial score (nSPS) is 21.4. The van der Waals surface area contributed by atoms with E-state index in [0.717, 1.165) is 25.6 Å². The molecule has 2 rings (SSSR count). The molecule has 3 nitrogen and oxygen atoms in total. The number of primary amides is 1. The molecule has 2 N–H and O–H groups in total. The number of rotatable bonds is 3. The van der Waals surface area contributed by atoms with Crippen LogP contribution in [0.4, 0.5) is 0 Å². The first-order chi connectivity index (χ1) is 8.15. The summed E-state index contributed by atoms with van der Waals surface area (Å²) < 4.78 is 0. The van der Waals surface area contributed by atoms with Gasteiger partial charge < -0.3 is 5.73 Å². The lowest BCUT2D eigenvalue weighted by atomic mass is 9.99. The molecule has 1 amide bonds. The van der Waals surface area contributed by atoms with Gasteiger partial charge in [0.15, 0.2) is 0 Å². The van der Waals surface area contributed by atoms with Gasteiger partial charge >= 0.3 is 0 Å². The maximum atomic E-state index is 11.1. The van der Waals surface area contributed by atoms with Gasteiger partial charge in [-0.1, -0.05) is 19.1 Å². The molecule has 1 heterocycles. The van der Waals surface area contributed by atoms with E-state index in [1.54, 1.807) is 6.07 Å². The zero-order valence-electron chi connectivity index (χ0n) is 10.4. The predicted molar refractivity (Wildman–Crippen MR) is 68.6 cm³/mol. The maximum Gasteiger partial charge on any atom is 0.248 e. The van der Waals surface area contributed by atoms with E-state index in [0.29, 0.717) is 5.56 Å². The zero-order valence-corrected chi connectivity index (χ0v) is 10.4. The third-order valence-corrected chi connectivity index (χ3v) is 3.36. The number of nitrogens with two attached hydrogens (primary N) is 1. The summed E-state index contributed by atoms with van der Waals surface area (Å²) in [6.07, 6.45) is 2.61. The highest BCUT2D eigenvalue weighted by atomic mass is 16.1. The van der Waals surface area contributed by atoms with Gasteiger partial charge in [0.1, 0.15) is 0 Å². The largest absolute Gasteiger partial charge is 0.366 e. The molecule has 1 aromatic rings. The van der Waals surface area contributed by atoms with Crippen LogP contribution in [-0.4, -0.2) is 23.9 Å². The first-order valence-electron chi connectivity index (χ1n) is 6.26. The fraction of sp³-hybridized carbons (Fsp3) is 0.500. The Labute approximate surface area is 103 Å². The van der Waals surface area contributed by atoms with E-state index in [2.05, 4.69) is 17.9 Å². The summed E-state index contributed by atoms with van der Waals surface area (Å²) in [6, 6.07) is 7.64. The number of piperidine rings is 1. The van der Waals surface area contributed by atoms with Crippen molar-refractivity contribution in [1.82, 2.24) is 4.90 Å². The van der Waals surface area contributed by atoms with Crippen molar-refractivity contribution < 1.29 is 4.79 Å². The highest BCUT2D eigenvalue weighted by Crippen LogP contribution is 2.18. The molecule has 1 fully saturated rings. The molecule has 1 saturated heterocycles. The molecule has 0 spiro atoms. The second-order valence-electron chi connectivity index (χ2n) is 5.05. The molecule has 17 heavy (non-hydrogen) atoms. The SMILES string of the molecule is CC1CCCN(Cc2cccc(C(N)=O)c2)C1. The van der Waals surface area contributed by atoms with Crippen LogP contribution in [0.1, 0.15) is 35.7 Å². The first kappa shape index (κ1) is 12.1. The van der Waals surface area contributed by atoms with Crippen LogP contribution in [0.5, 0.6) is 0 Å². The lowest BCUT2D eigenvalue weighted by Crippen LogP contribution is -2.33. The summed E-state index contributed by atoms with van der Waals surface area (Å²) in [5.74, 6) is 0.432. The van der Waals surface area contributed by atoms with Gasteiger partial charge in [-0.3, -0.25) is 9.69 Å². The molecule has 92 valence electrons. The van der Waals surface area contributed by atoms with Gasteiger partial charge in [0.2, 0.25) is 5.91 Å². The standard InChI is InChI=1S/C14H20N2O/c1-11-4-3-7-16(9-11)10-12-5-2-6-13(8-12)14(15)17/h2,5-6,8,11H,3-4,7,9-10H2,1H3,(H2,15,17). The van der Waals surface area contributed by atoms with E-state index in [-0.39, 0.29) is 5.91 Å². The molecule has 0 aromatic heterocycles. The van der Waals surface area contributed by atoms with Gasteiger partial charge in [0.25, 0.3) is 0 Å². The van der Waals surface area contributed by atoms with Crippen molar-refractivity contribution in [3.8, 4) is 0 Å². The lowest BCUT2D eigenvalue weighted by molar-refractivity contribution is 0.1000. The number of carbonyl (C=O) groups excluding carboxylic acids is 1. The molecular weight excluding hydrogens is 212 g/mol. The van der Waals surface area contributed by atoms with Crippen molar-refractivity contribution in [2.45, 2.75) is 26.3 Å². The second kappa shape index (κ2) is 5.32. The van der Waals surface area contributed by atoms with Crippen molar-refractivity contribution in [2.24, 2.45) is 11.7 Å². The molecule has 0 saturated carbocycles. The molecule has 3 heteroatoms. The van der Waals surface area contributed by atoms with E-state index in [4.69, 9.17) is 5.73 Å². The van der Waals surface area contributed by atoms with Crippen molar-refractivity contribution in [1.29, 1.82) is 0 Å². The number of carbonyl (C=O) groups is 1. The summed E-state index contributed by atoms with van der Waals surface area (Å²) >= 11 is 0. The van der Waals surface area contributed by atoms with Crippen molar-refractivity contribution >= 4 is 5.91 Å². The lowest BCUT2D eigenvalue weighted by Gasteiger charge is -2.30. The van der Waals surface area contributed by atoms with E-state index in [1.165, 1.54) is 18.4 Å². The Morgan fingerprint density at radius 3 is 3.06 bits per heavy atom. The number of benzene rings is 1. The van der Waals surface area contributed by atoms with Crippen molar-refractivity contribution in [2.75, 3.05) is 13.1 Å². The van der Waals surface area contributed by atoms with Crippen molar-refractivity contribution in [3.63, 3.8) is 0 Å². The Kier molecular flexibility index (Phi) is 3.79. The molecule has 1 atom stereocenters. The summed E-state index contributed by atoms with van der Waals surface area (Å²) in [4.78, 5) is 13.6. The third-order valence-electron chi connectivity index (χ3n) is 3.36. The molecule has 0 aliphatic carbocycles. The topological polar surface area (TPSA) is 46.3 Å². The minimum absolute atomic E-state index is 0.348. The summed E-state index contributed by atoms with van der Waals surface area (Å²) in [7, 11) is 0. The number of hydrogen-bond donors (Lipinski definition) is 1. The Morgan fingerprint density at radius 1 is 1.53 bits per heavy atom. The van der Waals surface area contributed by atoms with Crippen LogP contribution < -0.4 is 5.73 Å². The first-order valence-corrected chi connectivity index (χ1v) is 6.26. The minimum atomic E-state index is -0.348. The minimum Gasteiger partial charge on any atom is -0.366 e. The molecule has 1 aromatic carbocycles. The van der Waals surface area contributed by atoms with Gasteiger partial charge in [-0.05, 0) is 43.0 Å². The number of nitrogens with zero attached hydrogens (tertiary/aromatic N) is 1. The van der Waals surface area contributed by atoms with Gasteiger partial charge in [0, 0.05) is 18.7 Å². The monoisotopic (exact) mass is 232 g/mol. The molecular formula is C14H20N2O. The smallest absolute Gasteiger partial charge is 0.248 e. The summed E-state index contributed by atoms with van der Waals surface area (Å²) in [5.41, 5.74) is 7.07. The Bertz CT molecular complexity index is 403. The van der Waals surface area contributed by atoms with Gasteiger partial charge in [0.05, 0.1) is 0 Å². The van der Waals surface area contributed by atoms with E-state index < -0.39 is 0 Å². The van der Waals surface area contributed by atoms with Gasteiger partial charge in [-0.2, -0.15) is 0 Å². The third kappa shape index (κ3) is 3.30. The van der Waals surface area contributed by atoms with E-state index in [9.17, 15) is 4.79 Å². The predicted octanol–water partition coefficient (Wildman–Crippen LogP) is 2.02. The highest BCUT2D eigenvalue weighted by Gasteiger charge is 2.16. The fourth-order valence-corrected chi connectivity index (χ4v) is 2.51. The second-order valence-corrected chi connectivity index (χ2v) is 5.05. The molecule has 1 aliphatic heterocycles. The molecule has 0 radical (unpaired) electrons. The average Bonchev–Trinajstić information content (AvgIpc) is 2.29. The number of hydrogen-bond acceptors (Lipinski definition) is 2. The van der Waals surface area contributed by atoms with Crippen LogP contribution in [0.15, 0.2) is 24.3 Å². The molecule has 1 aliphatic rings. The average molecular weight is 232 g/mol. The van der Waals surface area contributed by atoms with Crippen LogP contribution in [0.2, 0.25) is 0 Å². The Morgan fingerprint density at radius 2 is 2.35 bits per heavy atom. The number of amides is 1. The highest BCUT2D eigenvalue weighted by molar-refractivity contribution is 5.92. The molecule has 0 bridgehead atoms.